The number of para-hydroxylation sites is 2. The van der Waals surface area contributed by atoms with E-state index >= 15 is 0 Å². The number of benzene rings is 3. The Morgan fingerprint density at radius 1 is 0.935 bits per heavy atom. The molecule has 0 N–H and O–H groups in total. The van der Waals surface area contributed by atoms with Gasteiger partial charge in [-0.15, -0.1) is 11.8 Å². The van der Waals surface area contributed by atoms with Crippen molar-refractivity contribution in [2.75, 3.05) is 7.11 Å². The van der Waals surface area contributed by atoms with Crippen molar-refractivity contribution in [3.05, 3.63) is 102 Å². The average molecular weight is 427 g/mol. The van der Waals surface area contributed by atoms with E-state index in [-0.39, 0.29) is 17.8 Å². The smallest absolute Gasteiger partial charge is 0.311 e. The zero-order valence-corrected chi connectivity index (χ0v) is 18.2. The van der Waals surface area contributed by atoms with Gasteiger partial charge in [-0.2, -0.15) is 0 Å². The third-order valence-corrected chi connectivity index (χ3v) is 9.04. The second-order valence-corrected chi connectivity index (χ2v) is 9.79. The lowest BCUT2D eigenvalue weighted by atomic mass is 9.70. The predicted molar refractivity (Wildman–Crippen MR) is 123 cm³/mol. The first-order valence-electron chi connectivity index (χ1n) is 10.5. The Kier molecular flexibility index (Phi) is 3.90. The molecule has 31 heavy (non-hydrogen) atoms. The number of methoxy groups -OCH3 is 1. The maximum absolute atomic E-state index is 13.3. The van der Waals surface area contributed by atoms with Gasteiger partial charge >= 0.3 is 5.97 Å². The lowest BCUT2D eigenvalue weighted by Crippen LogP contribution is -2.47. The van der Waals surface area contributed by atoms with Crippen LogP contribution in [-0.2, 0) is 19.1 Å². The lowest BCUT2D eigenvalue weighted by molar-refractivity contribution is -0.149. The van der Waals surface area contributed by atoms with Crippen LogP contribution in [0.4, 0.5) is 0 Å². The number of hydrogen-bond donors (Lipinski definition) is 0. The molecule has 3 aromatic carbocycles. The molecule has 0 aliphatic carbocycles. The summed E-state index contributed by atoms with van der Waals surface area (Å²) in [6.07, 6.45) is 0. The van der Waals surface area contributed by atoms with E-state index in [1.54, 1.807) is 0 Å². The minimum Gasteiger partial charge on any atom is -0.469 e. The van der Waals surface area contributed by atoms with Crippen molar-refractivity contribution in [2.45, 2.75) is 16.5 Å². The fourth-order valence-electron chi connectivity index (χ4n) is 5.70. The van der Waals surface area contributed by atoms with Crippen molar-refractivity contribution in [1.82, 2.24) is 9.55 Å². The molecule has 5 heteroatoms. The largest absolute Gasteiger partial charge is 0.469 e. The Balaban J connectivity index is 1.77. The van der Waals surface area contributed by atoms with E-state index in [2.05, 4.69) is 66.1 Å². The van der Waals surface area contributed by atoms with Gasteiger partial charge in [0.05, 0.1) is 24.1 Å². The van der Waals surface area contributed by atoms with Gasteiger partial charge in [0.2, 0.25) is 0 Å². The van der Waals surface area contributed by atoms with Gasteiger partial charge in [-0.1, -0.05) is 79.7 Å². The van der Waals surface area contributed by atoms with Crippen LogP contribution in [0.15, 0.2) is 84.9 Å². The van der Waals surface area contributed by atoms with Crippen LogP contribution >= 0.6 is 11.8 Å². The Bertz CT molecular complexity index is 1300. The van der Waals surface area contributed by atoms with E-state index in [0.717, 1.165) is 22.4 Å². The van der Waals surface area contributed by atoms with Crippen LogP contribution in [0.3, 0.4) is 0 Å². The third kappa shape index (κ3) is 2.17. The molecule has 2 aliphatic heterocycles. The molecule has 154 valence electrons. The SMILES string of the molecule is COC(=O)C1C(C)C2(c3ccccc3)SC1(c1ccccc1)c1nc3ccccc3n12. The van der Waals surface area contributed by atoms with Crippen LogP contribution in [0.5, 0.6) is 0 Å². The molecule has 3 heterocycles. The number of thioether (sulfide) groups is 1. The van der Waals surface area contributed by atoms with Gasteiger partial charge in [0.15, 0.2) is 0 Å². The minimum absolute atomic E-state index is 0.00216. The van der Waals surface area contributed by atoms with Crippen molar-refractivity contribution in [3.8, 4) is 0 Å². The zero-order valence-electron chi connectivity index (χ0n) is 17.4. The molecule has 0 amide bonds. The molecule has 2 aliphatic rings. The number of carbonyl (C=O) groups is 1. The van der Waals surface area contributed by atoms with Crippen LogP contribution < -0.4 is 0 Å². The van der Waals surface area contributed by atoms with E-state index in [0.29, 0.717) is 0 Å². The minimum atomic E-state index is -0.622. The number of esters is 1. The molecular formula is C26H22N2O2S. The Hall–Kier alpha value is -3.05. The summed E-state index contributed by atoms with van der Waals surface area (Å²) in [7, 11) is 1.49. The molecule has 0 spiro atoms. The van der Waals surface area contributed by atoms with Gasteiger partial charge in [-0.25, -0.2) is 4.98 Å². The van der Waals surface area contributed by atoms with Crippen molar-refractivity contribution in [1.29, 1.82) is 0 Å². The number of fused-ring (bicyclic) bond motifs is 7. The van der Waals surface area contributed by atoms with Crippen LogP contribution in [0.25, 0.3) is 11.0 Å². The Labute approximate surface area is 185 Å². The second kappa shape index (κ2) is 6.47. The topological polar surface area (TPSA) is 44.1 Å². The number of ether oxygens (including phenoxy) is 1. The van der Waals surface area contributed by atoms with E-state index < -0.39 is 9.62 Å². The molecule has 4 atom stereocenters. The van der Waals surface area contributed by atoms with E-state index in [4.69, 9.17) is 9.72 Å². The highest BCUT2D eigenvalue weighted by atomic mass is 32.2. The summed E-state index contributed by atoms with van der Waals surface area (Å²) in [5, 5.41) is 0. The fraction of sp³-hybridized carbons (Fsp3) is 0.231. The maximum atomic E-state index is 13.3. The predicted octanol–water partition coefficient (Wildman–Crippen LogP) is 5.17. The van der Waals surface area contributed by atoms with Crippen molar-refractivity contribution in [3.63, 3.8) is 0 Å². The molecule has 1 saturated heterocycles. The number of aromatic nitrogens is 2. The van der Waals surface area contributed by atoms with Crippen molar-refractivity contribution < 1.29 is 9.53 Å². The number of nitrogens with zero attached hydrogens (tertiary/aromatic N) is 2. The van der Waals surface area contributed by atoms with Crippen molar-refractivity contribution in [2.24, 2.45) is 11.8 Å². The monoisotopic (exact) mass is 426 g/mol. The highest BCUT2D eigenvalue weighted by molar-refractivity contribution is 8.02. The molecule has 6 rings (SSSR count). The number of carbonyl (C=O) groups excluding carboxylic acids is 1. The van der Waals surface area contributed by atoms with Gasteiger partial charge in [0.1, 0.15) is 15.4 Å². The number of hydrogen-bond acceptors (Lipinski definition) is 4. The molecule has 0 saturated carbocycles. The highest BCUT2D eigenvalue weighted by Crippen LogP contribution is 2.74. The lowest BCUT2D eigenvalue weighted by Gasteiger charge is -2.39. The summed E-state index contributed by atoms with van der Waals surface area (Å²) in [6.45, 7) is 2.18. The Morgan fingerprint density at radius 2 is 1.55 bits per heavy atom. The fourth-order valence-corrected chi connectivity index (χ4v) is 7.96. The summed E-state index contributed by atoms with van der Waals surface area (Å²) < 4.78 is 7.15. The van der Waals surface area contributed by atoms with Gasteiger partial charge in [-0.3, -0.25) is 4.79 Å². The Morgan fingerprint density at radius 3 is 2.23 bits per heavy atom. The molecular weight excluding hydrogens is 404 g/mol. The normalized spacial score (nSPS) is 28.6. The van der Waals surface area contributed by atoms with Crippen LogP contribution in [0, 0.1) is 11.8 Å². The maximum Gasteiger partial charge on any atom is 0.311 e. The van der Waals surface area contributed by atoms with Gasteiger partial charge in [0.25, 0.3) is 0 Å². The molecule has 4 aromatic rings. The average Bonchev–Trinajstić information content (AvgIpc) is 3.44. The number of imidazole rings is 1. The van der Waals surface area contributed by atoms with Crippen LogP contribution in [-0.4, -0.2) is 22.6 Å². The molecule has 0 radical (unpaired) electrons. The second-order valence-electron chi connectivity index (χ2n) is 8.32. The first kappa shape index (κ1) is 18.7. The summed E-state index contributed by atoms with van der Waals surface area (Å²) >= 11 is 1.84. The molecule has 4 nitrogen and oxygen atoms in total. The summed E-state index contributed by atoms with van der Waals surface area (Å²) in [5.74, 6) is 0.397. The molecule has 1 aromatic heterocycles. The standard InChI is InChI=1S/C26H22N2O2S/c1-17-22(23(29)30-2)25(18-11-5-3-6-12-18)24-27-20-15-9-10-16-21(20)28(24)26(17,31-25)19-13-7-4-8-14-19/h3-17,22H,1-2H3. The summed E-state index contributed by atoms with van der Waals surface area (Å²) in [6, 6.07) is 29.1. The van der Waals surface area contributed by atoms with Crippen LogP contribution in [0.1, 0.15) is 23.9 Å². The van der Waals surface area contributed by atoms with E-state index in [1.807, 2.05) is 42.1 Å². The number of rotatable bonds is 3. The summed E-state index contributed by atoms with van der Waals surface area (Å²) in [5.41, 5.74) is 4.33. The highest BCUT2D eigenvalue weighted by Gasteiger charge is 2.73. The van der Waals surface area contributed by atoms with E-state index in [1.165, 1.54) is 12.7 Å². The zero-order chi connectivity index (χ0) is 21.2. The molecule has 1 fully saturated rings. The van der Waals surface area contributed by atoms with Gasteiger partial charge in [-0.05, 0) is 23.3 Å². The van der Waals surface area contributed by atoms with Gasteiger partial charge in [0, 0.05) is 5.92 Å². The van der Waals surface area contributed by atoms with Crippen molar-refractivity contribution >= 4 is 28.8 Å². The van der Waals surface area contributed by atoms with Gasteiger partial charge < -0.3 is 9.30 Å². The third-order valence-electron chi connectivity index (χ3n) is 6.94. The molecule has 2 bridgehead atoms. The first-order valence-corrected chi connectivity index (χ1v) is 11.3. The first-order chi connectivity index (χ1) is 15.1. The van der Waals surface area contributed by atoms with E-state index in [9.17, 15) is 4.79 Å². The van der Waals surface area contributed by atoms with Crippen LogP contribution in [0.2, 0.25) is 0 Å². The summed E-state index contributed by atoms with van der Waals surface area (Å²) in [4.78, 5) is 18.0. The quantitative estimate of drug-likeness (QED) is 0.424. The molecule has 4 unspecified atom stereocenters.